The lowest BCUT2D eigenvalue weighted by Crippen LogP contribution is -2.28. The molecular formula is C70H53NO. The summed E-state index contributed by atoms with van der Waals surface area (Å²) >= 11 is 0. The van der Waals surface area contributed by atoms with Gasteiger partial charge in [0.15, 0.2) is 0 Å². The summed E-state index contributed by atoms with van der Waals surface area (Å²) in [5.41, 5.74) is 21.6. The van der Waals surface area contributed by atoms with Crippen molar-refractivity contribution in [2.24, 2.45) is 0 Å². The highest BCUT2D eigenvalue weighted by molar-refractivity contribution is 6.15. The van der Waals surface area contributed by atoms with Crippen molar-refractivity contribution in [2.75, 3.05) is 4.90 Å². The van der Waals surface area contributed by atoms with Crippen LogP contribution in [0.3, 0.4) is 0 Å². The lowest BCUT2D eigenvalue weighted by Gasteiger charge is -2.34. The van der Waals surface area contributed by atoms with Crippen molar-refractivity contribution in [3.8, 4) is 44.5 Å². The third kappa shape index (κ3) is 7.01. The Morgan fingerprint density at radius 1 is 0.403 bits per heavy atom. The van der Waals surface area contributed by atoms with Gasteiger partial charge in [0.05, 0.1) is 11.1 Å². The Hall–Kier alpha value is -8.72. The number of hydrogen-bond donors (Lipinski definition) is 0. The monoisotopic (exact) mass is 923 g/mol. The molecule has 1 unspecified atom stereocenters. The minimum atomic E-state index is -0.512. The molecule has 2 heteroatoms. The van der Waals surface area contributed by atoms with E-state index in [0.717, 1.165) is 61.1 Å². The zero-order valence-corrected chi connectivity index (χ0v) is 41.0. The highest BCUT2D eigenvalue weighted by atomic mass is 16.3. The van der Waals surface area contributed by atoms with Crippen molar-refractivity contribution in [1.29, 1.82) is 0 Å². The minimum Gasteiger partial charge on any atom is -0.455 e. The normalized spacial score (nSPS) is 14.2. The first kappa shape index (κ1) is 43.3. The summed E-state index contributed by atoms with van der Waals surface area (Å²) in [6.07, 6.45) is 0. The molecule has 0 fully saturated rings. The van der Waals surface area contributed by atoms with Crippen LogP contribution in [0, 0.1) is 6.92 Å². The van der Waals surface area contributed by atoms with E-state index in [1.54, 1.807) is 0 Å². The van der Waals surface area contributed by atoms with Crippen molar-refractivity contribution in [3.05, 3.63) is 282 Å². The number of para-hydroxylation sites is 2. The first-order valence-corrected chi connectivity index (χ1v) is 25.2. The van der Waals surface area contributed by atoms with E-state index in [2.05, 4.69) is 281 Å². The Kier molecular flexibility index (Phi) is 10.2. The van der Waals surface area contributed by atoms with Crippen molar-refractivity contribution >= 4 is 49.8 Å². The number of fused-ring (bicyclic) bond motifs is 7. The number of nitrogens with zero attached hydrogens (tertiary/aromatic N) is 1. The van der Waals surface area contributed by atoms with Crippen LogP contribution in [0.15, 0.2) is 253 Å². The average Bonchev–Trinajstić information content (AvgIpc) is 3.95. The first-order chi connectivity index (χ1) is 35.2. The van der Waals surface area contributed by atoms with Gasteiger partial charge in [-0.05, 0) is 121 Å². The lowest BCUT2D eigenvalue weighted by molar-refractivity contribution is 0.590. The van der Waals surface area contributed by atoms with Crippen LogP contribution < -0.4 is 4.90 Å². The molecule has 0 saturated carbocycles. The Morgan fingerprint density at radius 2 is 0.958 bits per heavy atom. The molecule has 0 bridgehead atoms. The molecular weight excluding hydrogens is 871 g/mol. The van der Waals surface area contributed by atoms with E-state index in [0.29, 0.717) is 0 Å². The van der Waals surface area contributed by atoms with Crippen LogP contribution in [-0.2, 0) is 10.8 Å². The molecule has 344 valence electrons. The van der Waals surface area contributed by atoms with Crippen molar-refractivity contribution in [1.82, 2.24) is 0 Å². The van der Waals surface area contributed by atoms with Crippen LogP contribution in [0.25, 0.3) is 77.2 Å². The van der Waals surface area contributed by atoms with Gasteiger partial charge in [0.25, 0.3) is 0 Å². The predicted molar refractivity (Wildman–Crippen MR) is 303 cm³/mol. The predicted octanol–water partition coefficient (Wildman–Crippen LogP) is 19.2. The second kappa shape index (κ2) is 17.0. The molecule has 1 aliphatic rings. The molecule has 0 radical (unpaired) electrons. The van der Waals surface area contributed by atoms with Gasteiger partial charge in [-0.3, -0.25) is 0 Å². The molecule has 72 heavy (non-hydrogen) atoms. The van der Waals surface area contributed by atoms with Crippen LogP contribution in [0.1, 0.15) is 54.2 Å². The fourth-order valence-corrected chi connectivity index (χ4v) is 11.6. The van der Waals surface area contributed by atoms with Gasteiger partial charge in [0, 0.05) is 33.3 Å². The molecule has 0 amide bonds. The molecule has 0 spiro atoms. The molecule has 2 nitrogen and oxygen atoms in total. The zero-order valence-electron chi connectivity index (χ0n) is 41.0. The molecule has 0 aliphatic heterocycles. The second-order valence-corrected chi connectivity index (χ2v) is 20.5. The molecule has 0 saturated heterocycles. The fraction of sp³-hybridized carbons (Fsp3) is 0.0857. The van der Waals surface area contributed by atoms with Gasteiger partial charge in [0.2, 0.25) is 0 Å². The van der Waals surface area contributed by atoms with E-state index < -0.39 is 5.41 Å². The topological polar surface area (TPSA) is 16.4 Å². The summed E-state index contributed by atoms with van der Waals surface area (Å²) in [5.74, 6) is 0. The van der Waals surface area contributed by atoms with Crippen LogP contribution in [0.4, 0.5) is 17.1 Å². The smallest absolute Gasteiger partial charge is 0.143 e. The SMILES string of the molecule is Cc1ccc(C2(c3ccccc3)c3ccccc3-c3cc(N(c4ccc(-c5ccc(-c6ccc(C(C)(C)C)cc6)cc5)cc4)c4ccc5ccccc5c4-c4cccc5c4oc4ccccc45)ccc32)cc1. The van der Waals surface area contributed by atoms with Crippen LogP contribution in [-0.4, -0.2) is 0 Å². The summed E-state index contributed by atoms with van der Waals surface area (Å²) in [6, 6.07) is 91.9. The average molecular weight is 924 g/mol. The van der Waals surface area contributed by atoms with E-state index in [-0.39, 0.29) is 5.41 Å². The molecule has 1 heterocycles. The number of aryl methyl sites for hydroxylation is 1. The van der Waals surface area contributed by atoms with Gasteiger partial charge in [-0.25, -0.2) is 0 Å². The maximum atomic E-state index is 6.85. The van der Waals surface area contributed by atoms with Gasteiger partial charge in [0.1, 0.15) is 11.2 Å². The molecule has 13 rings (SSSR count). The highest BCUT2D eigenvalue weighted by Gasteiger charge is 2.46. The van der Waals surface area contributed by atoms with Crippen LogP contribution in [0.2, 0.25) is 0 Å². The van der Waals surface area contributed by atoms with E-state index in [1.165, 1.54) is 66.6 Å². The second-order valence-electron chi connectivity index (χ2n) is 20.5. The standard InChI is InChI=1S/C70H53NO/c1-46-25-36-54(37-26-46)70(53-16-6-5-7-17-53)63-23-12-10-19-58(63)62-45-56(42-43-64(62)70)71(55-40-33-50(34-41-55)48-29-27-47(28-30-48)49-31-38-52(39-32-49)69(2,3)4)65-44-35-51-15-8-9-18-57(51)67(65)61-22-14-21-60-59-20-11-13-24-66(59)72-68(60)61/h5-45H,1-4H3. The number of furan rings is 1. The Bertz CT molecular complexity index is 3990. The summed E-state index contributed by atoms with van der Waals surface area (Å²) in [5, 5.41) is 4.55. The maximum Gasteiger partial charge on any atom is 0.143 e. The summed E-state index contributed by atoms with van der Waals surface area (Å²) in [7, 11) is 0. The number of benzene rings is 11. The van der Waals surface area contributed by atoms with E-state index in [9.17, 15) is 0 Å². The first-order valence-electron chi connectivity index (χ1n) is 25.2. The van der Waals surface area contributed by atoms with Crippen LogP contribution >= 0.6 is 0 Å². The lowest BCUT2D eigenvalue weighted by atomic mass is 9.67. The molecule has 11 aromatic carbocycles. The van der Waals surface area contributed by atoms with Gasteiger partial charge in [-0.15, -0.1) is 0 Å². The van der Waals surface area contributed by atoms with Gasteiger partial charge in [-0.2, -0.15) is 0 Å². The van der Waals surface area contributed by atoms with Gasteiger partial charge in [-0.1, -0.05) is 239 Å². The van der Waals surface area contributed by atoms with Crippen molar-refractivity contribution < 1.29 is 4.42 Å². The quantitative estimate of drug-likeness (QED) is 0.151. The largest absolute Gasteiger partial charge is 0.455 e. The minimum absolute atomic E-state index is 0.116. The number of anilines is 3. The van der Waals surface area contributed by atoms with E-state index in [1.807, 2.05) is 0 Å². The van der Waals surface area contributed by atoms with Gasteiger partial charge >= 0.3 is 0 Å². The van der Waals surface area contributed by atoms with Crippen molar-refractivity contribution in [2.45, 2.75) is 38.5 Å². The summed E-state index contributed by atoms with van der Waals surface area (Å²) < 4.78 is 6.85. The summed E-state index contributed by atoms with van der Waals surface area (Å²) in [4.78, 5) is 2.47. The highest BCUT2D eigenvalue weighted by Crippen LogP contribution is 2.58. The third-order valence-electron chi connectivity index (χ3n) is 15.2. The zero-order chi connectivity index (χ0) is 48.6. The van der Waals surface area contributed by atoms with Crippen LogP contribution in [0.5, 0.6) is 0 Å². The molecule has 1 atom stereocenters. The van der Waals surface area contributed by atoms with E-state index >= 15 is 0 Å². The molecule has 12 aromatic rings. The fourth-order valence-electron chi connectivity index (χ4n) is 11.6. The number of hydrogen-bond acceptors (Lipinski definition) is 2. The summed E-state index contributed by atoms with van der Waals surface area (Å²) in [6.45, 7) is 8.96. The third-order valence-corrected chi connectivity index (χ3v) is 15.2. The van der Waals surface area contributed by atoms with Gasteiger partial charge < -0.3 is 9.32 Å². The maximum absolute atomic E-state index is 6.85. The molecule has 1 aromatic heterocycles. The van der Waals surface area contributed by atoms with E-state index in [4.69, 9.17) is 4.42 Å². The Balaban J connectivity index is 1.01. The number of rotatable bonds is 8. The Labute approximate surface area is 422 Å². The Morgan fingerprint density at radius 3 is 1.68 bits per heavy atom. The molecule has 0 N–H and O–H groups in total. The molecule has 1 aliphatic carbocycles. The van der Waals surface area contributed by atoms with Crippen molar-refractivity contribution in [3.63, 3.8) is 0 Å².